The Hall–Kier alpha value is -2.94. The summed E-state index contributed by atoms with van der Waals surface area (Å²) in [6, 6.07) is 7.14. The molecule has 1 rings (SSSR count). The van der Waals surface area contributed by atoms with Gasteiger partial charge in [-0.15, -0.1) is 0 Å². The SMILES string of the molecule is CC(C)(C)OC(=O)NCC(=O)NCCc1ccc(C=O)cc1.CNCCC(=O)OC. The van der Waals surface area contributed by atoms with Gasteiger partial charge in [-0.2, -0.15) is 0 Å². The van der Waals surface area contributed by atoms with Crippen LogP contribution in [0.2, 0.25) is 0 Å². The summed E-state index contributed by atoms with van der Waals surface area (Å²) >= 11 is 0. The average molecular weight is 424 g/mol. The van der Waals surface area contributed by atoms with Gasteiger partial charge in [0.15, 0.2) is 0 Å². The Bertz CT molecular complexity index is 668. The Kier molecular flexibility index (Phi) is 13.5. The number of ether oxygens (including phenoxy) is 2. The van der Waals surface area contributed by atoms with E-state index in [1.807, 2.05) is 12.1 Å². The number of hydrogen-bond acceptors (Lipinski definition) is 7. The summed E-state index contributed by atoms with van der Waals surface area (Å²) < 4.78 is 9.40. The largest absolute Gasteiger partial charge is 0.469 e. The van der Waals surface area contributed by atoms with Gasteiger partial charge in [-0.1, -0.05) is 24.3 Å². The zero-order valence-electron chi connectivity index (χ0n) is 18.4. The number of amides is 2. The molecule has 168 valence electrons. The Morgan fingerprint density at radius 1 is 1.03 bits per heavy atom. The standard InChI is InChI=1S/C16H22N2O4.C5H11NO2/c1-16(2,3)22-15(21)18-10-14(20)17-9-8-12-4-6-13(11-19)7-5-12;1-6-4-3-5(7)8-2/h4-7,11H,8-10H2,1-3H3,(H,17,20)(H,18,21);6H,3-4H2,1-2H3. The van der Waals surface area contributed by atoms with E-state index in [2.05, 4.69) is 20.7 Å². The van der Waals surface area contributed by atoms with Crippen molar-refractivity contribution in [2.24, 2.45) is 0 Å². The summed E-state index contributed by atoms with van der Waals surface area (Å²) in [4.78, 5) is 43.8. The molecule has 0 spiro atoms. The fourth-order valence-corrected chi connectivity index (χ4v) is 1.97. The van der Waals surface area contributed by atoms with Crippen LogP contribution in [0.5, 0.6) is 0 Å². The predicted octanol–water partition coefficient (Wildman–Crippen LogP) is 1.45. The van der Waals surface area contributed by atoms with Crippen LogP contribution < -0.4 is 16.0 Å². The second-order valence-electron chi connectivity index (χ2n) is 7.24. The van der Waals surface area contributed by atoms with E-state index in [-0.39, 0.29) is 18.4 Å². The molecule has 1 aromatic carbocycles. The lowest BCUT2D eigenvalue weighted by Gasteiger charge is -2.19. The molecule has 2 amide bonds. The average Bonchev–Trinajstić information content (AvgIpc) is 2.70. The van der Waals surface area contributed by atoms with E-state index in [0.717, 1.165) is 11.8 Å². The number of carbonyl (C=O) groups excluding carboxylic acids is 4. The van der Waals surface area contributed by atoms with Crippen molar-refractivity contribution in [2.75, 3.05) is 33.8 Å². The smallest absolute Gasteiger partial charge is 0.408 e. The number of hydrogen-bond donors (Lipinski definition) is 3. The Morgan fingerprint density at radius 2 is 1.67 bits per heavy atom. The fourth-order valence-electron chi connectivity index (χ4n) is 1.97. The molecule has 9 heteroatoms. The van der Waals surface area contributed by atoms with E-state index in [9.17, 15) is 19.2 Å². The lowest BCUT2D eigenvalue weighted by molar-refractivity contribution is -0.140. The van der Waals surface area contributed by atoms with E-state index in [0.29, 0.717) is 31.5 Å². The van der Waals surface area contributed by atoms with Crippen molar-refractivity contribution in [1.82, 2.24) is 16.0 Å². The van der Waals surface area contributed by atoms with Gasteiger partial charge in [0.25, 0.3) is 0 Å². The molecule has 0 aliphatic carbocycles. The topological polar surface area (TPSA) is 123 Å². The van der Waals surface area contributed by atoms with E-state index < -0.39 is 11.7 Å². The number of carbonyl (C=O) groups is 4. The predicted molar refractivity (Wildman–Crippen MR) is 113 cm³/mol. The molecule has 0 aromatic heterocycles. The molecule has 1 aromatic rings. The second-order valence-corrected chi connectivity index (χ2v) is 7.24. The summed E-state index contributed by atoms with van der Waals surface area (Å²) in [5, 5.41) is 7.92. The van der Waals surface area contributed by atoms with Gasteiger partial charge < -0.3 is 25.4 Å². The first-order chi connectivity index (χ1) is 14.1. The molecule has 0 saturated carbocycles. The van der Waals surface area contributed by atoms with E-state index >= 15 is 0 Å². The third-order valence-electron chi connectivity index (χ3n) is 3.45. The molecular weight excluding hydrogens is 390 g/mol. The highest BCUT2D eigenvalue weighted by Crippen LogP contribution is 2.06. The monoisotopic (exact) mass is 423 g/mol. The zero-order valence-corrected chi connectivity index (χ0v) is 18.4. The number of aldehydes is 1. The minimum absolute atomic E-state index is 0.126. The number of alkyl carbamates (subject to hydrolysis) is 1. The Morgan fingerprint density at radius 3 is 2.17 bits per heavy atom. The molecule has 0 aliphatic heterocycles. The van der Waals surface area contributed by atoms with Crippen LogP contribution in [0, 0.1) is 0 Å². The quantitative estimate of drug-likeness (QED) is 0.406. The van der Waals surface area contributed by atoms with Crippen LogP contribution in [-0.4, -0.2) is 63.6 Å². The summed E-state index contributed by atoms with van der Waals surface area (Å²) in [6.45, 7) is 6.27. The Balaban J connectivity index is 0.000000890. The molecule has 0 radical (unpaired) electrons. The molecule has 0 unspecified atom stereocenters. The van der Waals surface area contributed by atoms with Gasteiger partial charge in [-0.05, 0) is 39.8 Å². The van der Waals surface area contributed by atoms with Crippen LogP contribution in [0.25, 0.3) is 0 Å². The van der Waals surface area contributed by atoms with Gasteiger partial charge >= 0.3 is 12.1 Å². The second kappa shape index (κ2) is 15.0. The molecule has 30 heavy (non-hydrogen) atoms. The van der Waals surface area contributed by atoms with Crippen LogP contribution in [0.3, 0.4) is 0 Å². The van der Waals surface area contributed by atoms with Gasteiger partial charge in [-0.3, -0.25) is 14.4 Å². The molecule has 9 nitrogen and oxygen atoms in total. The molecule has 0 aliphatic rings. The van der Waals surface area contributed by atoms with E-state index in [1.54, 1.807) is 40.0 Å². The third-order valence-corrected chi connectivity index (χ3v) is 3.45. The van der Waals surface area contributed by atoms with Crippen molar-refractivity contribution in [2.45, 2.75) is 39.2 Å². The summed E-state index contributed by atoms with van der Waals surface area (Å²) in [7, 11) is 3.18. The Labute approximate surface area is 177 Å². The summed E-state index contributed by atoms with van der Waals surface area (Å²) in [5.74, 6) is -0.449. The lowest BCUT2D eigenvalue weighted by Crippen LogP contribution is -2.40. The number of nitrogens with one attached hydrogen (secondary N) is 3. The summed E-state index contributed by atoms with van der Waals surface area (Å²) in [6.07, 6.45) is 1.27. The highest BCUT2D eigenvalue weighted by atomic mass is 16.6. The molecule has 0 bridgehead atoms. The zero-order chi connectivity index (χ0) is 23.0. The first kappa shape index (κ1) is 27.1. The normalized spacial score (nSPS) is 10.2. The van der Waals surface area contributed by atoms with Crippen LogP contribution in [0.1, 0.15) is 43.1 Å². The maximum atomic E-state index is 11.6. The first-order valence-corrected chi connectivity index (χ1v) is 9.60. The maximum Gasteiger partial charge on any atom is 0.408 e. The minimum atomic E-state index is -0.618. The van der Waals surface area contributed by atoms with Crippen molar-refractivity contribution >= 4 is 24.3 Å². The molecule has 0 fully saturated rings. The molecule has 0 atom stereocenters. The van der Waals surface area contributed by atoms with Crippen molar-refractivity contribution < 1.29 is 28.7 Å². The maximum absolute atomic E-state index is 11.6. The number of benzene rings is 1. The van der Waals surface area contributed by atoms with Crippen LogP contribution in [0.15, 0.2) is 24.3 Å². The molecule has 3 N–H and O–H groups in total. The van der Waals surface area contributed by atoms with Gasteiger partial charge in [0, 0.05) is 18.7 Å². The van der Waals surface area contributed by atoms with Crippen molar-refractivity contribution in [3.05, 3.63) is 35.4 Å². The van der Waals surface area contributed by atoms with E-state index in [4.69, 9.17) is 4.74 Å². The number of esters is 1. The third kappa shape index (κ3) is 15.0. The van der Waals surface area contributed by atoms with E-state index in [1.165, 1.54) is 7.11 Å². The van der Waals surface area contributed by atoms with Crippen LogP contribution >= 0.6 is 0 Å². The van der Waals surface area contributed by atoms with Crippen molar-refractivity contribution in [3.63, 3.8) is 0 Å². The number of methoxy groups -OCH3 is 1. The van der Waals surface area contributed by atoms with Crippen LogP contribution in [0.4, 0.5) is 4.79 Å². The van der Waals surface area contributed by atoms with Crippen molar-refractivity contribution in [1.29, 1.82) is 0 Å². The number of rotatable bonds is 9. The lowest BCUT2D eigenvalue weighted by atomic mass is 10.1. The minimum Gasteiger partial charge on any atom is -0.469 e. The van der Waals surface area contributed by atoms with Gasteiger partial charge in [0.2, 0.25) is 5.91 Å². The molecular formula is C21H33N3O6. The van der Waals surface area contributed by atoms with Gasteiger partial charge in [-0.25, -0.2) is 4.79 Å². The van der Waals surface area contributed by atoms with Crippen molar-refractivity contribution in [3.8, 4) is 0 Å². The summed E-state index contributed by atoms with van der Waals surface area (Å²) in [5.41, 5.74) is 1.05. The highest BCUT2D eigenvalue weighted by Gasteiger charge is 2.16. The van der Waals surface area contributed by atoms with Gasteiger partial charge in [0.05, 0.1) is 20.1 Å². The van der Waals surface area contributed by atoms with Gasteiger partial charge in [0.1, 0.15) is 11.9 Å². The molecule has 0 saturated heterocycles. The highest BCUT2D eigenvalue weighted by molar-refractivity contribution is 5.82. The first-order valence-electron chi connectivity index (χ1n) is 9.60. The molecule has 0 heterocycles. The fraction of sp³-hybridized carbons (Fsp3) is 0.524. The van der Waals surface area contributed by atoms with Crippen LogP contribution in [-0.2, 0) is 25.5 Å².